The molecule has 0 bridgehead atoms. The Hall–Kier alpha value is -1.65. The van der Waals surface area contributed by atoms with Crippen LogP contribution in [0.3, 0.4) is 0 Å². The normalized spacial score (nSPS) is 18.1. The molecule has 106 valence electrons. The van der Waals surface area contributed by atoms with E-state index in [1.54, 1.807) is 0 Å². The van der Waals surface area contributed by atoms with Gasteiger partial charge in [0.1, 0.15) is 0 Å². The predicted molar refractivity (Wildman–Crippen MR) is 80.0 cm³/mol. The molecule has 1 aromatic carbocycles. The smallest absolute Gasteiger partial charge is 0.256 e. The van der Waals surface area contributed by atoms with Crippen molar-refractivity contribution in [3.8, 4) is 0 Å². The second-order valence-corrected chi connectivity index (χ2v) is 5.37. The Morgan fingerprint density at radius 2 is 2.10 bits per heavy atom. The minimum absolute atomic E-state index is 0.00959. The van der Waals surface area contributed by atoms with Crippen LogP contribution in [0, 0.1) is 0 Å². The summed E-state index contributed by atoms with van der Waals surface area (Å²) in [4.78, 5) is 15.2. The van der Waals surface area contributed by atoms with Gasteiger partial charge in [-0.2, -0.15) is 0 Å². The van der Waals surface area contributed by atoms with Gasteiger partial charge in [-0.05, 0) is 49.2 Å². The van der Waals surface area contributed by atoms with Gasteiger partial charge < -0.3 is 15.4 Å². The highest BCUT2D eigenvalue weighted by atomic mass is 16.3. The summed E-state index contributed by atoms with van der Waals surface area (Å²) in [5.41, 5.74) is 2.32. The Morgan fingerprint density at radius 3 is 2.90 bits per heavy atom. The average Bonchev–Trinajstić information content (AvgIpc) is 2.48. The molecule has 0 amide bonds. The molecule has 1 heterocycles. The zero-order chi connectivity index (χ0) is 13.9. The first-order valence-corrected chi connectivity index (χ1v) is 7.29. The van der Waals surface area contributed by atoms with Crippen LogP contribution < -0.4 is 10.9 Å². The number of aliphatic hydroxyl groups excluding tert-OH is 1. The Morgan fingerprint density at radius 1 is 1.30 bits per heavy atom. The van der Waals surface area contributed by atoms with Crippen molar-refractivity contribution in [2.24, 2.45) is 0 Å². The minimum Gasteiger partial charge on any atom is -0.396 e. The van der Waals surface area contributed by atoms with Crippen LogP contribution in [-0.2, 0) is 6.42 Å². The molecule has 1 aliphatic rings. The number of hydrogen-bond acceptors (Lipinski definition) is 3. The van der Waals surface area contributed by atoms with Crippen molar-refractivity contribution in [1.29, 1.82) is 0 Å². The maximum atomic E-state index is 12.1. The number of fused-ring (bicyclic) bond motifs is 3. The first-order chi connectivity index (χ1) is 9.81. The van der Waals surface area contributed by atoms with E-state index in [-0.39, 0.29) is 18.2 Å². The van der Waals surface area contributed by atoms with Crippen molar-refractivity contribution in [2.75, 3.05) is 13.2 Å². The van der Waals surface area contributed by atoms with Crippen LogP contribution >= 0.6 is 0 Å². The van der Waals surface area contributed by atoms with Gasteiger partial charge in [0.25, 0.3) is 5.56 Å². The number of rotatable bonds is 4. The SMILES string of the molecule is O=c1[nH]c2c(c3ccccc13)C(NCCCO)CCC2. The largest absolute Gasteiger partial charge is 0.396 e. The van der Waals surface area contributed by atoms with Crippen LogP contribution in [0.25, 0.3) is 10.8 Å². The zero-order valence-corrected chi connectivity index (χ0v) is 11.5. The first kappa shape index (κ1) is 13.3. The fourth-order valence-electron chi connectivity index (χ4n) is 3.13. The van der Waals surface area contributed by atoms with E-state index in [9.17, 15) is 4.79 Å². The van der Waals surface area contributed by atoms with Crippen LogP contribution in [0.4, 0.5) is 0 Å². The number of hydrogen-bond donors (Lipinski definition) is 3. The number of benzene rings is 1. The second kappa shape index (κ2) is 5.77. The number of aromatic nitrogens is 1. The van der Waals surface area contributed by atoms with Crippen LogP contribution in [0.2, 0.25) is 0 Å². The summed E-state index contributed by atoms with van der Waals surface area (Å²) in [6, 6.07) is 8.08. The number of aromatic amines is 1. The van der Waals surface area contributed by atoms with Crippen LogP contribution in [0.1, 0.15) is 36.6 Å². The molecule has 20 heavy (non-hydrogen) atoms. The van der Waals surface area contributed by atoms with Crippen LogP contribution in [0.5, 0.6) is 0 Å². The van der Waals surface area contributed by atoms with Crippen molar-refractivity contribution < 1.29 is 5.11 Å². The fraction of sp³-hybridized carbons (Fsp3) is 0.438. The molecule has 1 aromatic heterocycles. The Kier molecular flexibility index (Phi) is 3.85. The van der Waals surface area contributed by atoms with Gasteiger partial charge in [0.15, 0.2) is 0 Å². The van der Waals surface area contributed by atoms with E-state index in [1.165, 1.54) is 5.56 Å². The highest BCUT2D eigenvalue weighted by Crippen LogP contribution is 2.32. The molecule has 3 rings (SSSR count). The molecular formula is C16H20N2O2. The number of nitrogens with one attached hydrogen (secondary N) is 2. The summed E-state index contributed by atoms with van der Waals surface area (Å²) in [6.07, 6.45) is 3.85. The van der Waals surface area contributed by atoms with Crippen LogP contribution in [-0.4, -0.2) is 23.2 Å². The molecule has 0 saturated carbocycles. The number of aliphatic hydroxyl groups is 1. The lowest BCUT2D eigenvalue weighted by atomic mass is 9.87. The third-order valence-corrected chi connectivity index (χ3v) is 4.05. The van der Waals surface area contributed by atoms with Gasteiger partial charge >= 0.3 is 0 Å². The summed E-state index contributed by atoms with van der Waals surface area (Å²) in [7, 11) is 0. The van der Waals surface area contributed by atoms with Crippen molar-refractivity contribution in [1.82, 2.24) is 10.3 Å². The second-order valence-electron chi connectivity index (χ2n) is 5.37. The molecule has 0 spiro atoms. The van der Waals surface area contributed by atoms with Gasteiger partial charge in [-0.15, -0.1) is 0 Å². The van der Waals surface area contributed by atoms with E-state index in [2.05, 4.69) is 10.3 Å². The van der Waals surface area contributed by atoms with E-state index in [0.29, 0.717) is 0 Å². The van der Waals surface area contributed by atoms with Crippen molar-refractivity contribution >= 4 is 10.8 Å². The minimum atomic E-state index is 0.00959. The van der Waals surface area contributed by atoms with Crippen molar-refractivity contribution in [3.63, 3.8) is 0 Å². The lowest BCUT2D eigenvalue weighted by Crippen LogP contribution is -2.29. The maximum Gasteiger partial charge on any atom is 0.256 e. The third kappa shape index (κ3) is 2.37. The Balaban J connectivity index is 2.07. The van der Waals surface area contributed by atoms with E-state index in [1.807, 2.05) is 24.3 Å². The molecule has 0 aliphatic heterocycles. The van der Waals surface area contributed by atoms with Gasteiger partial charge in [-0.3, -0.25) is 4.79 Å². The standard InChI is InChI=1S/C16H20N2O2/c19-10-4-9-17-13-7-3-8-14-15(13)11-5-1-2-6-12(11)16(20)18-14/h1-2,5-6,13,17,19H,3-4,7-10H2,(H,18,20). The molecule has 4 nitrogen and oxygen atoms in total. The van der Waals surface area contributed by atoms with E-state index in [0.717, 1.165) is 48.7 Å². The van der Waals surface area contributed by atoms with Gasteiger partial charge in [0, 0.05) is 23.7 Å². The molecule has 3 N–H and O–H groups in total. The Labute approximate surface area is 117 Å². The highest BCUT2D eigenvalue weighted by Gasteiger charge is 2.23. The van der Waals surface area contributed by atoms with Gasteiger partial charge in [0.05, 0.1) is 0 Å². The van der Waals surface area contributed by atoms with Crippen molar-refractivity contribution in [3.05, 3.63) is 45.9 Å². The third-order valence-electron chi connectivity index (χ3n) is 4.05. The van der Waals surface area contributed by atoms with E-state index < -0.39 is 0 Å². The number of pyridine rings is 1. The number of H-pyrrole nitrogens is 1. The van der Waals surface area contributed by atoms with Gasteiger partial charge in [-0.1, -0.05) is 18.2 Å². The quantitative estimate of drug-likeness (QED) is 0.745. The fourth-order valence-corrected chi connectivity index (χ4v) is 3.13. The highest BCUT2D eigenvalue weighted by molar-refractivity contribution is 5.86. The van der Waals surface area contributed by atoms with Gasteiger partial charge in [-0.25, -0.2) is 0 Å². The lowest BCUT2D eigenvalue weighted by molar-refractivity contribution is 0.281. The molecule has 0 radical (unpaired) electrons. The van der Waals surface area contributed by atoms with E-state index in [4.69, 9.17) is 5.11 Å². The molecule has 1 aliphatic carbocycles. The first-order valence-electron chi connectivity index (χ1n) is 7.29. The molecule has 4 heteroatoms. The summed E-state index contributed by atoms with van der Waals surface area (Å²) >= 11 is 0. The monoisotopic (exact) mass is 272 g/mol. The lowest BCUT2D eigenvalue weighted by Gasteiger charge is -2.27. The molecule has 2 aromatic rings. The average molecular weight is 272 g/mol. The predicted octanol–water partition coefficient (Wildman–Crippen LogP) is 1.88. The van der Waals surface area contributed by atoms with E-state index >= 15 is 0 Å². The Bertz CT molecular complexity index is 663. The summed E-state index contributed by atoms with van der Waals surface area (Å²) in [5.74, 6) is 0. The molecule has 1 atom stereocenters. The van der Waals surface area contributed by atoms with Crippen molar-refractivity contribution in [2.45, 2.75) is 31.7 Å². The molecule has 0 fully saturated rings. The van der Waals surface area contributed by atoms with Gasteiger partial charge in [0.2, 0.25) is 0 Å². The maximum absolute atomic E-state index is 12.1. The summed E-state index contributed by atoms with van der Waals surface area (Å²) < 4.78 is 0. The topological polar surface area (TPSA) is 65.1 Å². The molecule has 0 saturated heterocycles. The molecule has 1 unspecified atom stereocenters. The summed E-state index contributed by atoms with van der Waals surface area (Å²) in [6.45, 7) is 1.01. The summed E-state index contributed by atoms with van der Waals surface area (Å²) in [5, 5.41) is 14.2. The van der Waals surface area contributed by atoms with Crippen LogP contribution in [0.15, 0.2) is 29.1 Å². The molecular weight excluding hydrogens is 252 g/mol. The number of aryl methyl sites for hydroxylation is 1. The zero-order valence-electron chi connectivity index (χ0n) is 11.5.